The largest absolute Gasteiger partial charge is 0.383 e. The molecule has 2 rings (SSSR count). The summed E-state index contributed by atoms with van der Waals surface area (Å²) < 4.78 is 8.09. The van der Waals surface area contributed by atoms with E-state index in [2.05, 4.69) is 5.32 Å². The van der Waals surface area contributed by atoms with Gasteiger partial charge >= 0.3 is 5.69 Å². The lowest BCUT2D eigenvalue weighted by molar-refractivity contribution is -0.121. The van der Waals surface area contributed by atoms with E-state index in [0.29, 0.717) is 19.7 Å². The zero-order valence-corrected chi connectivity index (χ0v) is 11.8. The molecule has 0 aliphatic carbocycles. The van der Waals surface area contributed by atoms with Crippen LogP contribution in [0.2, 0.25) is 0 Å². The van der Waals surface area contributed by atoms with Crippen molar-refractivity contribution in [2.24, 2.45) is 7.05 Å². The zero-order valence-electron chi connectivity index (χ0n) is 11.8. The van der Waals surface area contributed by atoms with Gasteiger partial charge in [0.05, 0.1) is 17.6 Å². The SMILES string of the molecule is COCCNC(=O)CCn1c(=O)n(C)c2ccccc21. The van der Waals surface area contributed by atoms with Crippen molar-refractivity contribution in [2.75, 3.05) is 20.3 Å². The predicted octanol–water partition coefficient (Wildman–Crippen LogP) is 0.493. The van der Waals surface area contributed by atoms with Crippen molar-refractivity contribution in [3.8, 4) is 0 Å². The minimum absolute atomic E-state index is 0.0816. The number of benzene rings is 1. The number of fused-ring (bicyclic) bond motifs is 1. The average molecular weight is 277 g/mol. The molecule has 0 bridgehead atoms. The number of ether oxygens (including phenoxy) is 1. The van der Waals surface area contributed by atoms with Crippen LogP contribution < -0.4 is 11.0 Å². The smallest absolute Gasteiger partial charge is 0.328 e. The molecule has 0 saturated carbocycles. The van der Waals surface area contributed by atoms with Crippen molar-refractivity contribution in [3.63, 3.8) is 0 Å². The predicted molar refractivity (Wildman–Crippen MR) is 76.7 cm³/mol. The first-order valence-corrected chi connectivity index (χ1v) is 6.55. The minimum Gasteiger partial charge on any atom is -0.383 e. The summed E-state index contributed by atoms with van der Waals surface area (Å²) in [5, 5.41) is 2.74. The number of hydrogen-bond donors (Lipinski definition) is 1. The number of amides is 1. The number of methoxy groups -OCH3 is 1. The highest BCUT2D eigenvalue weighted by molar-refractivity contribution is 5.77. The van der Waals surface area contributed by atoms with Crippen LogP contribution in [0.1, 0.15) is 6.42 Å². The zero-order chi connectivity index (χ0) is 14.5. The van der Waals surface area contributed by atoms with Gasteiger partial charge in [-0.15, -0.1) is 0 Å². The number of imidazole rings is 1. The number of aromatic nitrogens is 2. The van der Waals surface area contributed by atoms with Crippen molar-refractivity contribution in [3.05, 3.63) is 34.7 Å². The summed E-state index contributed by atoms with van der Waals surface area (Å²) in [5.41, 5.74) is 1.62. The first-order chi connectivity index (χ1) is 9.65. The molecule has 0 saturated heterocycles. The Morgan fingerprint density at radius 2 is 2.00 bits per heavy atom. The Balaban J connectivity index is 2.09. The summed E-state index contributed by atoms with van der Waals surface area (Å²) in [4.78, 5) is 23.8. The first kappa shape index (κ1) is 14.3. The van der Waals surface area contributed by atoms with Crippen molar-refractivity contribution < 1.29 is 9.53 Å². The van der Waals surface area contributed by atoms with Crippen LogP contribution in [0.4, 0.5) is 0 Å². The molecule has 6 heteroatoms. The minimum atomic E-state index is -0.101. The molecule has 0 atom stereocenters. The van der Waals surface area contributed by atoms with Crippen LogP contribution in [0, 0.1) is 0 Å². The topological polar surface area (TPSA) is 65.3 Å². The third-order valence-corrected chi connectivity index (χ3v) is 3.24. The van der Waals surface area contributed by atoms with Crippen molar-refractivity contribution in [2.45, 2.75) is 13.0 Å². The van der Waals surface area contributed by atoms with E-state index in [-0.39, 0.29) is 18.0 Å². The van der Waals surface area contributed by atoms with Crippen LogP contribution in [0.3, 0.4) is 0 Å². The van der Waals surface area contributed by atoms with Crippen LogP contribution in [0.5, 0.6) is 0 Å². The lowest BCUT2D eigenvalue weighted by atomic mass is 10.3. The molecule has 1 aromatic carbocycles. The molecule has 1 amide bonds. The Hall–Kier alpha value is -2.08. The van der Waals surface area contributed by atoms with Gasteiger partial charge < -0.3 is 10.1 Å². The van der Waals surface area contributed by atoms with Gasteiger partial charge in [0.25, 0.3) is 0 Å². The quantitative estimate of drug-likeness (QED) is 0.782. The molecule has 0 spiro atoms. The number of carbonyl (C=O) groups excluding carboxylic acids is 1. The fourth-order valence-electron chi connectivity index (χ4n) is 2.17. The Labute approximate surface area is 117 Å². The maximum absolute atomic E-state index is 12.1. The van der Waals surface area contributed by atoms with Crippen LogP contribution >= 0.6 is 0 Å². The van der Waals surface area contributed by atoms with Gasteiger partial charge in [0.2, 0.25) is 5.91 Å². The molecule has 20 heavy (non-hydrogen) atoms. The first-order valence-electron chi connectivity index (χ1n) is 6.55. The molecule has 2 aromatic rings. The Bertz CT molecular complexity index is 657. The number of hydrogen-bond acceptors (Lipinski definition) is 3. The molecule has 1 N–H and O–H groups in total. The lowest BCUT2D eigenvalue weighted by Crippen LogP contribution is -2.29. The number of aryl methyl sites for hydroxylation is 2. The maximum atomic E-state index is 12.1. The number of carbonyl (C=O) groups is 1. The highest BCUT2D eigenvalue weighted by atomic mass is 16.5. The molecule has 1 aromatic heterocycles. The number of para-hydroxylation sites is 2. The van der Waals surface area contributed by atoms with Gasteiger partial charge in [0, 0.05) is 33.7 Å². The number of nitrogens with one attached hydrogen (secondary N) is 1. The standard InChI is InChI=1S/C14H19N3O3/c1-16-11-5-3-4-6-12(11)17(14(16)19)9-7-13(18)15-8-10-20-2/h3-6H,7-10H2,1-2H3,(H,15,18). The molecule has 1 heterocycles. The van der Waals surface area contributed by atoms with Gasteiger partial charge in [-0.1, -0.05) is 12.1 Å². The Morgan fingerprint density at radius 1 is 1.30 bits per heavy atom. The summed E-state index contributed by atoms with van der Waals surface area (Å²) in [5.74, 6) is -0.0816. The molecule has 0 aliphatic rings. The van der Waals surface area contributed by atoms with Crippen molar-refractivity contribution in [1.29, 1.82) is 0 Å². The monoisotopic (exact) mass is 277 g/mol. The average Bonchev–Trinajstić information content (AvgIpc) is 2.70. The number of rotatable bonds is 6. The van der Waals surface area contributed by atoms with Gasteiger partial charge in [-0.05, 0) is 12.1 Å². The van der Waals surface area contributed by atoms with E-state index in [1.165, 1.54) is 0 Å². The summed E-state index contributed by atoms with van der Waals surface area (Å²) in [7, 11) is 3.32. The van der Waals surface area contributed by atoms with E-state index in [1.54, 1.807) is 23.3 Å². The van der Waals surface area contributed by atoms with Gasteiger partial charge in [-0.3, -0.25) is 13.9 Å². The maximum Gasteiger partial charge on any atom is 0.328 e. The second kappa shape index (κ2) is 6.38. The van der Waals surface area contributed by atoms with E-state index in [1.807, 2.05) is 24.3 Å². The van der Waals surface area contributed by atoms with Crippen molar-refractivity contribution >= 4 is 16.9 Å². The molecule has 6 nitrogen and oxygen atoms in total. The van der Waals surface area contributed by atoms with E-state index >= 15 is 0 Å². The molecule has 0 aliphatic heterocycles. The van der Waals surface area contributed by atoms with E-state index in [9.17, 15) is 9.59 Å². The highest BCUT2D eigenvalue weighted by Crippen LogP contribution is 2.11. The van der Waals surface area contributed by atoms with E-state index in [0.717, 1.165) is 11.0 Å². The third-order valence-electron chi connectivity index (χ3n) is 3.24. The summed E-state index contributed by atoms with van der Waals surface area (Å²) in [6.07, 6.45) is 0.275. The van der Waals surface area contributed by atoms with Crippen LogP contribution in [-0.2, 0) is 23.1 Å². The molecular formula is C14H19N3O3. The fourth-order valence-corrected chi connectivity index (χ4v) is 2.17. The second-order valence-electron chi connectivity index (χ2n) is 4.57. The molecule has 0 fully saturated rings. The summed E-state index contributed by atoms with van der Waals surface area (Å²) >= 11 is 0. The van der Waals surface area contributed by atoms with E-state index < -0.39 is 0 Å². The lowest BCUT2D eigenvalue weighted by Gasteiger charge is -2.05. The van der Waals surface area contributed by atoms with Gasteiger partial charge in [0.15, 0.2) is 0 Å². The fraction of sp³-hybridized carbons (Fsp3) is 0.429. The Morgan fingerprint density at radius 3 is 2.70 bits per heavy atom. The molecular weight excluding hydrogens is 258 g/mol. The summed E-state index contributed by atoms with van der Waals surface area (Å²) in [6, 6.07) is 7.56. The van der Waals surface area contributed by atoms with Gasteiger partial charge in [-0.25, -0.2) is 4.79 Å². The second-order valence-corrected chi connectivity index (χ2v) is 4.57. The Kier molecular flexibility index (Phi) is 4.57. The van der Waals surface area contributed by atoms with Gasteiger partial charge in [0.1, 0.15) is 0 Å². The molecule has 0 unspecified atom stereocenters. The van der Waals surface area contributed by atoms with Gasteiger partial charge in [-0.2, -0.15) is 0 Å². The van der Waals surface area contributed by atoms with Crippen LogP contribution in [-0.4, -0.2) is 35.3 Å². The molecule has 0 radical (unpaired) electrons. The summed E-state index contributed by atoms with van der Waals surface area (Å²) in [6.45, 7) is 1.35. The molecule has 108 valence electrons. The highest BCUT2D eigenvalue weighted by Gasteiger charge is 2.10. The van der Waals surface area contributed by atoms with Crippen LogP contribution in [0.25, 0.3) is 11.0 Å². The third kappa shape index (κ3) is 2.91. The number of nitrogens with zero attached hydrogens (tertiary/aromatic N) is 2. The van der Waals surface area contributed by atoms with Crippen LogP contribution in [0.15, 0.2) is 29.1 Å². The normalized spacial score (nSPS) is 10.9. The van der Waals surface area contributed by atoms with Crippen molar-refractivity contribution in [1.82, 2.24) is 14.5 Å². The van der Waals surface area contributed by atoms with E-state index in [4.69, 9.17) is 4.74 Å².